The van der Waals surface area contributed by atoms with Crippen LogP contribution in [0.15, 0.2) is 144 Å². The first kappa shape index (κ1) is 20.5. The average molecular weight is 462 g/mol. The molecule has 1 heterocycles. The van der Waals surface area contributed by atoms with E-state index in [1.165, 1.54) is 10.8 Å². The lowest BCUT2D eigenvalue weighted by atomic mass is 9.95. The second kappa shape index (κ2) is 8.44. The summed E-state index contributed by atoms with van der Waals surface area (Å²) in [5.41, 5.74) is 7.45. The normalized spacial score (nSPS) is 11.3. The van der Waals surface area contributed by atoms with Gasteiger partial charge >= 0.3 is 0 Å². The number of rotatable bonds is 4. The highest BCUT2D eigenvalue weighted by molar-refractivity contribution is 6.18. The van der Waals surface area contributed by atoms with Gasteiger partial charge in [0.1, 0.15) is 11.2 Å². The van der Waals surface area contributed by atoms with Crippen LogP contribution >= 0.6 is 0 Å². The van der Waals surface area contributed by atoms with E-state index in [2.05, 4.69) is 144 Å². The van der Waals surface area contributed by atoms with Crippen LogP contribution in [0.4, 0.5) is 17.1 Å². The van der Waals surface area contributed by atoms with Gasteiger partial charge in [-0.2, -0.15) is 0 Å². The zero-order chi connectivity index (χ0) is 23.9. The van der Waals surface area contributed by atoms with Crippen molar-refractivity contribution in [1.29, 1.82) is 0 Å². The fourth-order valence-electron chi connectivity index (χ4n) is 5.19. The maximum atomic E-state index is 6.57. The van der Waals surface area contributed by atoms with Crippen molar-refractivity contribution in [2.24, 2.45) is 0 Å². The Morgan fingerprint density at radius 3 is 1.75 bits per heavy atom. The van der Waals surface area contributed by atoms with Crippen molar-refractivity contribution >= 4 is 49.8 Å². The quantitative estimate of drug-likeness (QED) is 0.259. The van der Waals surface area contributed by atoms with Crippen molar-refractivity contribution in [3.8, 4) is 11.1 Å². The van der Waals surface area contributed by atoms with Gasteiger partial charge in [0.05, 0.1) is 0 Å². The molecule has 2 heteroatoms. The minimum absolute atomic E-state index is 0.891. The molecule has 7 rings (SSSR count). The van der Waals surface area contributed by atoms with Crippen molar-refractivity contribution in [3.63, 3.8) is 0 Å². The Hall–Kier alpha value is -4.82. The van der Waals surface area contributed by atoms with Gasteiger partial charge in [0.25, 0.3) is 0 Å². The van der Waals surface area contributed by atoms with E-state index >= 15 is 0 Å². The van der Waals surface area contributed by atoms with E-state index in [9.17, 15) is 0 Å². The number of fused-ring (bicyclic) bond motifs is 4. The number of hydrogen-bond donors (Lipinski definition) is 0. The Bertz CT molecular complexity index is 1780. The second-order valence-corrected chi connectivity index (χ2v) is 9.00. The summed E-state index contributed by atoms with van der Waals surface area (Å²) in [6.07, 6.45) is 0. The third kappa shape index (κ3) is 3.35. The van der Waals surface area contributed by atoms with E-state index in [1.807, 2.05) is 0 Å². The van der Waals surface area contributed by atoms with Gasteiger partial charge in [0.15, 0.2) is 0 Å². The molecular weight excluding hydrogens is 438 g/mol. The first-order chi connectivity index (χ1) is 17.9. The zero-order valence-electron chi connectivity index (χ0n) is 19.6. The van der Waals surface area contributed by atoms with Crippen LogP contribution in [0.1, 0.15) is 0 Å². The molecule has 0 aliphatic rings. The summed E-state index contributed by atoms with van der Waals surface area (Å²) in [4.78, 5) is 2.29. The van der Waals surface area contributed by atoms with Crippen molar-refractivity contribution < 1.29 is 4.42 Å². The highest BCUT2D eigenvalue weighted by atomic mass is 16.3. The average Bonchev–Trinajstić information content (AvgIpc) is 3.31. The molecule has 0 unspecified atom stereocenters. The number of nitrogens with zero attached hydrogens (tertiary/aromatic N) is 1. The minimum atomic E-state index is 0.891. The van der Waals surface area contributed by atoms with Gasteiger partial charge < -0.3 is 9.32 Å². The molecular formula is C34H23NO. The molecule has 6 aromatic carbocycles. The molecule has 2 nitrogen and oxygen atoms in total. The topological polar surface area (TPSA) is 16.4 Å². The zero-order valence-corrected chi connectivity index (χ0v) is 19.6. The van der Waals surface area contributed by atoms with E-state index in [0.717, 1.165) is 50.1 Å². The number of hydrogen-bond acceptors (Lipinski definition) is 2. The summed E-state index contributed by atoms with van der Waals surface area (Å²) in [5.74, 6) is 0. The first-order valence-electron chi connectivity index (χ1n) is 12.2. The van der Waals surface area contributed by atoms with Crippen molar-refractivity contribution in [3.05, 3.63) is 140 Å². The van der Waals surface area contributed by atoms with Crippen LogP contribution in [0.3, 0.4) is 0 Å². The fourth-order valence-corrected chi connectivity index (χ4v) is 5.19. The monoisotopic (exact) mass is 461 g/mol. The molecule has 0 atom stereocenters. The van der Waals surface area contributed by atoms with Crippen LogP contribution in [-0.4, -0.2) is 0 Å². The molecule has 0 bridgehead atoms. The van der Waals surface area contributed by atoms with Gasteiger partial charge in [-0.05, 0) is 64.9 Å². The lowest BCUT2D eigenvalue weighted by Crippen LogP contribution is -2.09. The molecule has 1 aromatic heterocycles. The number of benzene rings is 6. The van der Waals surface area contributed by atoms with Crippen LogP contribution in [0.25, 0.3) is 43.8 Å². The summed E-state index contributed by atoms with van der Waals surface area (Å²) < 4.78 is 6.57. The lowest BCUT2D eigenvalue weighted by molar-refractivity contribution is 0.670. The lowest BCUT2D eigenvalue weighted by Gasteiger charge is -2.25. The van der Waals surface area contributed by atoms with Crippen LogP contribution in [0, 0.1) is 0 Å². The Morgan fingerprint density at radius 2 is 1.06 bits per heavy atom. The highest BCUT2D eigenvalue weighted by Gasteiger charge is 2.18. The molecule has 0 fully saturated rings. The summed E-state index contributed by atoms with van der Waals surface area (Å²) >= 11 is 0. The van der Waals surface area contributed by atoms with Gasteiger partial charge in [-0.15, -0.1) is 0 Å². The molecule has 36 heavy (non-hydrogen) atoms. The fraction of sp³-hybridized carbons (Fsp3) is 0. The Balaban J connectivity index is 1.52. The van der Waals surface area contributed by atoms with Crippen molar-refractivity contribution in [2.75, 3.05) is 4.90 Å². The molecule has 0 N–H and O–H groups in total. The molecule has 0 radical (unpaired) electrons. The van der Waals surface area contributed by atoms with E-state index in [1.54, 1.807) is 0 Å². The SMILES string of the molecule is c1ccc(-c2c3ccccc3cc3c2oc2ccc(N(c4ccccc4)c4ccccc4)cc23)cc1. The van der Waals surface area contributed by atoms with Gasteiger partial charge in [-0.3, -0.25) is 0 Å². The van der Waals surface area contributed by atoms with E-state index in [4.69, 9.17) is 4.42 Å². The van der Waals surface area contributed by atoms with Gasteiger partial charge in [0.2, 0.25) is 0 Å². The van der Waals surface area contributed by atoms with Crippen LogP contribution in [0.2, 0.25) is 0 Å². The first-order valence-corrected chi connectivity index (χ1v) is 12.2. The smallest absolute Gasteiger partial charge is 0.143 e. The molecule has 170 valence electrons. The molecule has 0 spiro atoms. The Labute approximate surface area is 209 Å². The van der Waals surface area contributed by atoms with Gasteiger partial charge in [0, 0.05) is 33.4 Å². The third-order valence-electron chi connectivity index (χ3n) is 6.82. The minimum Gasteiger partial charge on any atom is -0.455 e. The highest BCUT2D eigenvalue weighted by Crippen LogP contribution is 2.43. The predicted octanol–water partition coefficient (Wildman–Crippen LogP) is 9.88. The summed E-state index contributed by atoms with van der Waals surface area (Å²) in [6, 6.07) is 48.9. The Kier molecular flexibility index (Phi) is 4.82. The molecule has 0 amide bonds. The largest absolute Gasteiger partial charge is 0.455 e. The number of furan rings is 1. The molecule has 0 aliphatic carbocycles. The standard InChI is InChI=1S/C34H23NO/c1-4-12-24(13-5-1)33-29-19-11-10-14-25(29)22-31-30-23-28(20-21-32(30)36-34(31)33)35(26-15-6-2-7-16-26)27-17-8-3-9-18-27/h1-23H. The Morgan fingerprint density at radius 1 is 0.444 bits per heavy atom. The second-order valence-electron chi connectivity index (χ2n) is 9.00. The molecule has 7 aromatic rings. The molecule has 0 saturated carbocycles. The van der Waals surface area contributed by atoms with Crippen LogP contribution < -0.4 is 4.90 Å². The predicted molar refractivity (Wildman–Crippen MR) is 151 cm³/mol. The summed E-state index contributed by atoms with van der Waals surface area (Å²) in [6.45, 7) is 0. The van der Waals surface area contributed by atoms with Gasteiger partial charge in [-0.25, -0.2) is 0 Å². The maximum Gasteiger partial charge on any atom is 0.143 e. The van der Waals surface area contributed by atoms with E-state index in [-0.39, 0.29) is 0 Å². The maximum absolute atomic E-state index is 6.57. The van der Waals surface area contributed by atoms with Crippen molar-refractivity contribution in [1.82, 2.24) is 0 Å². The summed E-state index contributed by atoms with van der Waals surface area (Å²) in [7, 11) is 0. The van der Waals surface area contributed by atoms with E-state index in [0.29, 0.717) is 0 Å². The summed E-state index contributed by atoms with van der Waals surface area (Å²) in [5, 5.41) is 4.65. The van der Waals surface area contributed by atoms with Crippen LogP contribution in [-0.2, 0) is 0 Å². The van der Waals surface area contributed by atoms with Crippen LogP contribution in [0.5, 0.6) is 0 Å². The number of anilines is 3. The van der Waals surface area contributed by atoms with E-state index < -0.39 is 0 Å². The third-order valence-corrected chi connectivity index (χ3v) is 6.82. The van der Waals surface area contributed by atoms with Crippen molar-refractivity contribution in [2.45, 2.75) is 0 Å². The van der Waals surface area contributed by atoms with Gasteiger partial charge in [-0.1, -0.05) is 91.0 Å². The number of para-hydroxylation sites is 2. The molecule has 0 aliphatic heterocycles. The molecule has 0 saturated heterocycles.